The first-order valence-electron chi connectivity index (χ1n) is 9.36. The smallest absolute Gasteiger partial charge is 0.258 e. The first-order chi connectivity index (χ1) is 14.2. The number of pyridine rings is 1. The molecule has 150 valence electrons. The number of hydrogen-bond acceptors (Lipinski definition) is 6. The van der Waals surface area contributed by atoms with Crippen LogP contribution in [0.25, 0.3) is 0 Å². The van der Waals surface area contributed by atoms with Crippen molar-refractivity contribution in [3.8, 4) is 0 Å². The Kier molecular flexibility index (Phi) is 7.84. The van der Waals surface area contributed by atoms with Crippen molar-refractivity contribution < 1.29 is 4.79 Å². The molecule has 0 aliphatic heterocycles. The highest BCUT2D eigenvalue weighted by Gasteiger charge is 2.13. The van der Waals surface area contributed by atoms with E-state index in [2.05, 4.69) is 32.5 Å². The maximum Gasteiger partial charge on any atom is 0.258 e. The Hall–Kier alpha value is -2.64. The number of amides is 1. The predicted octanol–water partition coefficient (Wildman–Crippen LogP) is 5.28. The topological polar surface area (TPSA) is 79.8 Å². The maximum absolute atomic E-state index is 12.7. The first-order valence-corrected chi connectivity index (χ1v) is 10.7. The number of rotatable bonds is 9. The van der Waals surface area contributed by atoms with E-state index in [9.17, 15) is 4.79 Å². The molecule has 0 aliphatic carbocycles. The summed E-state index contributed by atoms with van der Waals surface area (Å²) < 4.78 is 0. The molecule has 0 spiro atoms. The highest BCUT2D eigenvalue weighted by Crippen LogP contribution is 2.25. The summed E-state index contributed by atoms with van der Waals surface area (Å²) in [7, 11) is 0. The van der Waals surface area contributed by atoms with Gasteiger partial charge in [-0.25, -0.2) is 15.0 Å². The first kappa shape index (κ1) is 21.1. The fraction of sp³-hybridized carbons (Fsp3) is 0.238. The van der Waals surface area contributed by atoms with E-state index in [1.807, 2.05) is 6.07 Å². The number of thioether (sulfide) groups is 1. The van der Waals surface area contributed by atoms with Gasteiger partial charge in [0, 0.05) is 35.4 Å². The third kappa shape index (κ3) is 6.44. The van der Waals surface area contributed by atoms with Crippen molar-refractivity contribution in [3.05, 3.63) is 71.1 Å². The number of carbonyl (C=O) groups is 1. The van der Waals surface area contributed by atoms with Crippen LogP contribution in [0.4, 0.5) is 11.6 Å². The number of halogens is 1. The third-order valence-corrected chi connectivity index (χ3v) is 5.29. The van der Waals surface area contributed by atoms with Crippen LogP contribution in [0.15, 0.2) is 59.9 Å². The van der Waals surface area contributed by atoms with Gasteiger partial charge in [0.15, 0.2) is 0 Å². The molecule has 3 rings (SSSR count). The summed E-state index contributed by atoms with van der Waals surface area (Å²) in [5.74, 6) is 0.995. The van der Waals surface area contributed by atoms with Crippen LogP contribution < -0.4 is 10.6 Å². The average molecular weight is 428 g/mol. The summed E-state index contributed by atoms with van der Waals surface area (Å²) in [6.07, 6.45) is 5.61. The summed E-state index contributed by atoms with van der Waals surface area (Å²) in [4.78, 5) is 25.8. The van der Waals surface area contributed by atoms with Gasteiger partial charge < -0.3 is 10.6 Å². The monoisotopic (exact) mass is 427 g/mol. The summed E-state index contributed by atoms with van der Waals surface area (Å²) in [5.41, 5.74) is 2.07. The summed E-state index contributed by atoms with van der Waals surface area (Å²) in [5, 5.41) is 7.37. The van der Waals surface area contributed by atoms with Gasteiger partial charge in [-0.3, -0.25) is 4.79 Å². The largest absolute Gasteiger partial charge is 0.354 e. The highest BCUT2D eigenvalue weighted by atomic mass is 35.5. The second-order valence-corrected chi connectivity index (χ2v) is 7.66. The van der Waals surface area contributed by atoms with E-state index in [-0.39, 0.29) is 5.91 Å². The number of nitrogens with zero attached hydrogens (tertiary/aromatic N) is 3. The molecule has 0 unspecified atom stereocenters. The molecule has 1 aromatic carbocycles. The standard InChI is InChI=1S/C21H22ClN5OS/c1-2-3-11-24-21-25-13-10-17(27-21)14-29-20-18(5-4-12-23-20)19(28)26-16-8-6-15(22)7-9-16/h4-10,12-13H,2-3,11,14H2,1H3,(H,26,28)(H,24,25,27). The van der Waals surface area contributed by atoms with Gasteiger partial charge in [0.25, 0.3) is 5.91 Å². The number of benzene rings is 1. The Morgan fingerprint density at radius 3 is 2.72 bits per heavy atom. The lowest BCUT2D eigenvalue weighted by atomic mass is 10.2. The fourth-order valence-corrected chi connectivity index (χ4v) is 3.51. The molecule has 0 saturated heterocycles. The molecule has 6 nitrogen and oxygen atoms in total. The third-order valence-electron chi connectivity index (χ3n) is 4.00. The average Bonchev–Trinajstić information content (AvgIpc) is 2.74. The molecule has 2 heterocycles. The van der Waals surface area contributed by atoms with E-state index in [1.54, 1.807) is 48.8 Å². The molecule has 0 aliphatic rings. The van der Waals surface area contributed by atoms with Crippen molar-refractivity contribution in [2.75, 3.05) is 17.2 Å². The number of anilines is 2. The Morgan fingerprint density at radius 2 is 1.93 bits per heavy atom. The summed E-state index contributed by atoms with van der Waals surface area (Å²) in [6.45, 7) is 2.99. The second kappa shape index (κ2) is 10.8. The van der Waals surface area contributed by atoms with E-state index in [0.29, 0.717) is 33.0 Å². The van der Waals surface area contributed by atoms with Crippen molar-refractivity contribution in [2.45, 2.75) is 30.5 Å². The van der Waals surface area contributed by atoms with Crippen LogP contribution in [0.1, 0.15) is 35.8 Å². The molecule has 2 aromatic heterocycles. The van der Waals surface area contributed by atoms with E-state index in [0.717, 1.165) is 25.1 Å². The highest BCUT2D eigenvalue weighted by molar-refractivity contribution is 7.98. The molecular formula is C21H22ClN5OS. The molecule has 0 saturated carbocycles. The summed E-state index contributed by atoms with van der Waals surface area (Å²) >= 11 is 7.36. The van der Waals surface area contributed by atoms with Crippen LogP contribution in [0, 0.1) is 0 Å². The van der Waals surface area contributed by atoms with Gasteiger partial charge in [-0.15, -0.1) is 0 Å². The lowest BCUT2D eigenvalue weighted by molar-refractivity contribution is 0.102. The van der Waals surface area contributed by atoms with Gasteiger partial charge in [-0.1, -0.05) is 36.7 Å². The SMILES string of the molecule is CCCCNc1nccc(CSc2ncccc2C(=O)Nc2ccc(Cl)cc2)n1. The molecule has 0 fully saturated rings. The van der Waals surface area contributed by atoms with Crippen LogP contribution >= 0.6 is 23.4 Å². The molecule has 3 aromatic rings. The van der Waals surface area contributed by atoms with E-state index < -0.39 is 0 Å². The van der Waals surface area contributed by atoms with E-state index >= 15 is 0 Å². The molecular weight excluding hydrogens is 406 g/mol. The van der Waals surface area contributed by atoms with Gasteiger partial charge in [0.2, 0.25) is 5.95 Å². The van der Waals surface area contributed by atoms with Gasteiger partial charge >= 0.3 is 0 Å². The van der Waals surface area contributed by atoms with Gasteiger partial charge in [-0.05, 0) is 48.9 Å². The molecule has 8 heteroatoms. The quantitative estimate of drug-likeness (QED) is 0.357. The zero-order valence-electron chi connectivity index (χ0n) is 16.1. The van der Waals surface area contributed by atoms with E-state index in [4.69, 9.17) is 11.6 Å². The van der Waals surface area contributed by atoms with Crippen molar-refractivity contribution in [1.29, 1.82) is 0 Å². The van der Waals surface area contributed by atoms with Crippen molar-refractivity contribution in [2.24, 2.45) is 0 Å². The Bertz CT molecular complexity index is 952. The van der Waals surface area contributed by atoms with Crippen LogP contribution in [0.2, 0.25) is 5.02 Å². The molecule has 29 heavy (non-hydrogen) atoms. The van der Waals surface area contributed by atoms with Crippen LogP contribution in [-0.4, -0.2) is 27.4 Å². The number of aromatic nitrogens is 3. The van der Waals surface area contributed by atoms with Gasteiger partial charge in [0.05, 0.1) is 11.3 Å². The minimum atomic E-state index is -0.215. The van der Waals surface area contributed by atoms with Gasteiger partial charge in [0.1, 0.15) is 5.03 Å². The number of unbranched alkanes of at least 4 members (excludes halogenated alkanes) is 1. The number of carbonyl (C=O) groups excluding carboxylic acids is 1. The fourth-order valence-electron chi connectivity index (χ4n) is 2.49. The van der Waals surface area contributed by atoms with Crippen LogP contribution in [0.3, 0.4) is 0 Å². The minimum absolute atomic E-state index is 0.215. The lowest BCUT2D eigenvalue weighted by Crippen LogP contribution is -2.13. The Labute approximate surface area is 179 Å². The molecule has 0 radical (unpaired) electrons. The van der Waals surface area contributed by atoms with Gasteiger partial charge in [-0.2, -0.15) is 0 Å². The zero-order chi connectivity index (χ0) is 20.5. The molecule has 2 N–H and O–H groups in total. The molecule has 0 atom stereocenters. The Balaban J connectivity index is 1.65. The number of hydrogen-bond donors (Lipinski definition) is 2. The van der Waals surface area contributed by atoms with Crippen molar-refractivity contribution in [3.63, 3.8) is 0 Å². The maximum atomic E-state index is 12.7. The normalized spacial score (nSPS) is 10.6. The molecule has 1 amide bonds. The zero-order valence-corrected chi connectivity index (χ0v) is 17.6. The van der Waals surface area contributed by atoms with Crippen LogP contribution in [-0.2, 0) is 5.75 Å². The van der Waals surface area contributed by atoms with Crippen LogP contribution in [0.5, 0.6) is 0 Å². The minimum Gasteiger partial charge on any atom is -0.354 e. The molecule has 0 bridgehead atoms. The second-order valence-electron chi connectivity index (χ2n) is 6.26. The predicted molar refractivity (Wildman–Crippen MR) is 119 cm³/mol. The lowest BCUT2D eigenvalue weighted by Gasteiger charge is -2.10. The Morgan fingerprint density at radius 1 is 1.10 bits per heavy atom. The van der Waals surface area contributed by atoms with Crippen molar-refractivity contribution >= 4 is 40.9 Å². The van der Waals surface area contributed by atoms with E-state index in [1.165, 1.54) is 11.8 Å². The van der Waals surface area contributed by atoms with Crippen molar-refractivity contribution in [1.82, 2.24) is 15.0 Å². The summed E-state index contributed by atoms with van der Waals surface area (Å²) in [6, 6.07) is 12.4. The number of nitrogens with one attached hydrogen (secondary N) is 2.